The van der Waals surface area contributed by atoms with Crippen LogP contribution in [0.4, 0.5) is 5.69 Å². The number of aromatic nitrogens is 2. The summed E-state index contributed by atoms with van der Waals surface area (Å²) in [6.07, 6.45) is 1.38. The number of benzene rings is 1. The lowest BCUT2D eigenvalue weighted by molar-refractivity contribution is 0.0947. The molecule has 1 aromatic carbocycles. The number of nitrogen functional groups attached to an aromatic ring is 1. The smallest absolute Gasteiger partial charge is 0.271 e. The molecule has 2 aromatic rings. The summed E-state index contributed by atoms with van der Waals surface area (Å²) in [4.78, 5) is 11.8. The maximum absolute atomic E-state index is 11.8. The van der Waals surface area contributed by atoms with E-state index in [1.165, 1.54) is 6.20 Å². The van der Waals surface area contributed by atoms with Crippen LogP contribution < -0.4 is 11.1 Å². The zero-order chi connectivity index (χ0) is 13.1. The third-order valence-corrected chi connectivity index (χ3v) is 3.22. The Morgan fingerprint density at radius 2 is 2.22 bits per heavy atom. The average Bonchev–Trinajstić information content (AvgIpc) is 2.77. The molecule has 0 fully saturated rings. The molecule has 7 heteroatoms. The zero-order valence-corrected chi connectivity index (χ0v) is 10.7. The van der Waals surface area contributed by atoms with Crippen LogP contribution >= 0.6 is 23.2 Å². The molecule has 0 unspecified atom stereocenters. The lowest BCUT2D eigenvalue weighted by Crippen LogP contribution is -2.24. The van der Waals surface area contributed by atoms with Gasteiger partial charge in [-0.25, -0.2) is 0 Å². The Morgan fingerprint density at radius 1 is 1.44 bits per heavy atom. The number of rotatable bonds is 3. The molecule has 4 N–H and O–H groups in total. The molecule has 1 amide bonds. The van der Waals surface area contributed by atoms with Crippen LogP contribution in [0, 0.1) is 0 Å². The molecule has 0 aliphatic heterocycles. The van der Waals surface area contributed by atoms with E-state index in [9.17, 15) is 4.79 Å². The summed E-state index contributed by atoms with van der Waals surface area (Å²) >= 11 is 11.9. The Morgan fingerprint density at radius 3 is 2.89 bits per heavy atom. The molecular weight excluding hydrogens is 275 g/mol. The molecule has 0 spiro atoms. The van der Waals surface area contributed by atoms with E-state index in [0.29, 0.717) is 15.7 Å². The van der Waals surface area contributed by atoms with E-state index in [2.05, 4.69) is 15.5 Å². The monoisotopic (exact) mass is 284 g/mol. The fourth-order valence-corrected chi connectivity index (χ4v) is 1.81. The second-order valence-corrected chi connectivity index (χ2v) is 4.38. The van der Waals surface area contributed by atoms with Crippen molar-refractivity contribution in [1.82, 2.24) is 15.5 Å². The van der Waals surface area contributed by atoms with E-state index in [0.717, 1.165) is 5.56 Å². The zero-order valence-electron chi connectivity index (χ0n) is 9.21. The van der Waals surface area contributed by atoms with E-state index >= 15 is 0 Å². The fourth-order valence-electron chi connectivity index (χ4n) is 1.43. The quantitative estimate of drug-likeness (QED) is 0.808. The number of H-pyrrole nitrogens is 1. The van der Waals surface area contributed by atoms with Gasteiger partial charge >= 0.3 is 0 Å². The topological polar surface area (TPSA) is 83.8 Å². The van der Waals surface area contributed by atoms with Gasteiger partial charge in [0.25, 0.3) is 5.91 Å². The number of carbonyl (C=O) groups is 1. The number of aromatic amines is 1. The first-order valence-electron chi connectivity index (χ1n) is 5.09. The van der Waals surface area contributed by atoms with Crippen molar-refractivity contribution in [1.29, 1.82) is 0 Å². The first-order valence-corrected chi connectivity index (χ1v) is 5.85. The van der Waals surface area contributed by atoms with E-state index in [1.807, 2.05) is 0 Å². The first-order chi connectivity index (χ1) is 8.59. The SMILES string of the molecule is Nc1cn[nH]c1C(=O)NCc1cccc(Cl)c1Cl. The predicted octanol–water partition coefficient (Wildman–Crippen LogP) is 2.23. The van der Waals surface area contributed by atoms with Crippen LogP contribution in [0.15, 0.2) is 24.4 Å². The Hall–Kier alpha value is -1.72. The summed E-state index contributed by atoms with van der Waals surface area (Å²) in [5.41, 5.74) is 6.82. The van der Waals surface area contributed by atoms with Gasteiger partial charge in [-0.3, -0.25) is 9.89 Å². The molecule has 1 heterocycles. The Bertz CT molecular complexity index is 582. The molecule has 18 heavy (non-hydrogen) atoms. The third-order valence-electron chi connectivity index (χ3n) is 2.37. The predicted molar refractivity (Wildman–Crippen MR) is 70.6 cm³/mol. The maximum Gasteiger partial charge on any atom is 0.271 e. The summed E-state index contributed by atoms with van der Waals surface area (Å²) in [7, 11) is 0. The van der Waals surface area contributed by atoms with Crippen molar-refractivity contribution in [3.05, 3.63) is 45.7 Å². The fraction of sp³-hybridized carbons (Fsp3) is 0.0909. The van der Waals surface area contributed by atoms with Crippen LogP contribution in [0.5, 0.6) is 0 Å². The van der Waals surface area contributed by atoms with Gasteiger partial charge in [-0.05, 0) is 11.6 Å². The van der Waals surface area contributed by atoms with Crippen LogP contribution in [0.25, 0.3) is 0 Å². The number of nitrogens with two attached hydrogens (primary N) is 1. The molecule has 94 valence electrons. The molecule has 0 aliphatic carbocycles. The summed E-state index contributed by atoms with van der Waals surface area (Å²) in [5.74, 6) is -0.346. The van der Waals surface area contributed by atoms with Gasteiger partial charge in [0, 0.05) is 6.54 Å². The molecule has 0 bridgehead atoms. The summed E-state index contributed by atoms with van der Waals surface area (Å²) < 4.78 is 0. The van der Waals surface area contributed by atoms with Crippen LogP contribution in [-0.4, -0.2) is 16.1 Å². The van der Waals surface area contributed by atoms with Gasteiger partial charge in [0.05, 0.1) is 21.9 Å². The summed E-state index contributed by atoms with van der Waals surface area (Å²) in [5, 5.41) is 9.75. The second kappa shape index (κ2) is 5.29. The van der Waals surface area contributed by atoms with Gasteiger partial charge in [-0.15, -0.1) is 0 Å². The number of amides is 1. The molecule has 0 saturated heterocycles. The molecule has 5 nitrogen and oxygen atoms in total. The second-order valence-electron chi connectivity index (χ2n) is 3.60. The molecule has 0 aliphatic rings. The minimum Gasteiger partial charge on any atom is -0.396 e. The Kier molecular flexibility index (Phi) is 3.74. The van der Waals surface area contributed by atoms with E-state index < -0.39 is 0 Å². The summed E-state index contributed by atoms with van der Waals surface area (Å²) in [6, 6.07) is 5.23. The Balaban J connectivity index is 2.06. The molecular formula is C11H10Cl2N4O. The molecule has 1 aromatic heterocycles. The average molecular weight is 285 g/mol. The van der Waals surface area contributed by atoms with E-state index in [4.69, 9.17) is 28.9 Å². The number of carbonyl (C=O) groups excluding carboxylic acids is 1. The van der Waals surface area contributed by atoms with E-state index in [-0.39, 0.29) is 18.1 Å². The van der Waals surface area contributed by atoms with Crippen molar-refractivity contribution in [2.45, 2.75) is 6.54 Å². The number of halogens is 2. The van der Waals surface area contributed by atoms with Crippen LogP contribution in [0.3, 0.4) is 0 Å². The largest absolute Gasteiger partial charge is 0.396 e. The van der Waals surface area contributed by atoms with Gasteiger partial charge in [-0.1, -0.05) is 35.3 Å². The number of hydrogen-bond donors (Lipinski definition) is 3. The normalized spacial score (nSPS) is 10.3. The van der Waals surface area contributed by atoms with Crippen LogP contribution in [0.1, 0.15) is 16.1 Å². The molecule has 2 rings (SSSR count). The van der Waals surface area contributed by atoms with Gasteiger partial charge in [0.1, 0.15) is 5.69 Å². The van der Waals surface area contributed by atoms with E-state index in [1.54, 1.807) is 18.2 Å². The third kappa shape index (κ3) is 2.57. The van der Waals surface area contributed by atoms with Gasteiger partial charge in [0.15, 0.2) is 0 Å². The lowest BCUT2D eigenvalue weighted by Gasteiger charge is -2.07. The molecule has 0 atom stereocenters. The highest BCUT2D eigenvalue weighted by atomic mass is 35.5. The number of nitrogens with one attached hydrogen (secondary N) is 2. The van der Waals surface area contributed by atoms with Crippen molar-refractivity contribution in [2.24, 2.45) is 0 Å². The minimum absolute atomic E-state index is 0.230. The number of anilines is 1. The minimum atomic E-state index is -0.346. The van der Waals surface area contributed by atoms with Crippen LogP contribution in [0.2, 0.25) is 10.0 Å². The van der Waals surface area contributed by atoms with Crippen molar-refractivity contribution >= 4 is 34.8 Å². The standard InChI is InChI=1S/C11H10Cl2N4O/c12-7-3-1-2-6(9(7)13)4-15-11(18)10-8(14)5-16-17-10/h1-3,5H,4,14H2,(H,15,18)(H,16,17). The van der Waals surface area contributed by atoms with Gasteiger partial charge in [-0.2, -0.15) is 5.10 Å². The van der Waals surface area contributed by atoms with Crippen molar-refractivity contribution in [3.8, 4) is 0 Å². The molecule has 0 saturated carbocycles. The summed E-state index contributed by atoms with van der Waals surface area (Å²) in [6.45, 7) is 0.261. The highest BCUT2D eigenvalue weighted by Gasteiger charge is 2.12. The lowest BCUT2D eigenvalue weighted by atomic mass is 10.2. The van der Waals surface area contributed by atoms with Gasteiger partial charge in [0.2, 0.25) is 0 Å². The Labute approximate surface area is 113 Å². The van der Waals surface area contributed by atoms with Crippen LogP contribution in [-0.2, 0) is 6.54 Å². The van der Waals surface area contributed by atoms with Gasteiger partial charge < -0.3 is 11.1 Å². The van der Waals surface area contributed by atoms with Crippen molar-refractivity contribution < 1.29 is 4.79 Å². The van der Waals surface area contributed by atoms with Crippen molar-refractivity contribution in [2.75, 3.05) is 5.73 Å². The maximum atomic E-state index is 11.8. The number of nitrogens with zero attached hydrogens (tertiary/aromatic N) is 1. The molecule has 0 radical (unpaired) electrons. The highest BCUT2D eigenvalue weighted by molar-refractivity contribution is 6.42. The van der Waals surface area contributed by atoms with Crippen molar-refractivity contribution in [3.63, 3.8) is 0 Å². The number of hydrogen-bond acceptors (Lipinski definition) is 3. The highest BCUT2D eigenvalue weighted by Crippen LogP contribution is 2.25. The first kappa shape index (κ1) is 12.7.